The fraction of sp³-hybridized carbons (Fsp3) is 0.200. The molecule has 0 fully saturated rings. The molecule has 0 spiro atoms. The van der Waals surface area contributed by atoms with E-state index in [1.165, 1.54) is 12.1 Å². The van der Waals surface area contributed by atoms with Gasteiger partial charge in [0.2, 0.25) is 0 Å². The van der Waals surface area contributed by atoms with Gasteiger partial charge >= 0.3 is 6.18 Å². The molecule has 0 aliphatic heterocycles. The Kier molecular flexibility index (Phi) is 4.31. The Balaban J connectivity index is 2.43. The third-order valence-electron chi connectivity index (χ3n) is 3.06. The molecular formula is C15H11Cl2F3. The van der Waals surface area contributed by atoms with Crippen molar-refractivity contribution in [2.24, 2.45) is 0 Å². The van der Waals surface area contributed by atoms with Gasteiger partial charge in [0, 0.05) is 10.0 Å². The van der Waals surface area contributed by atoms with Gasteiger partial charge in [-0.25, -0.2) is 0 Å². The molecule has 0 atom stereocenters. The van der Waals surface area contributed by atoms with Gasteiger partial charge in [-0.15, -0.1) is 0 Å². The number of hydrogen-bond donors (Lipinski definition) is 0. The third-order valence-corrected chi connectivity index (χ3v) is 3.53. The Morgan fingerprint density at radius 3 is 2.00 bits per heavy atom. The van der Waals surface area contributed by atoms with Gasteiger partial charge < -0.3 is 0 Å². The third kappa shape index (κ3) is 3.47. The van der Waals surface area contributed by atoms with Crippen LogP contribution in [0.2, 0.25) is 10.0 Å². The van der Waals surface area contributed by atoms with E-state index in [0.29, 0.717) is 5.02 Å². The van der Waals surface area contributed by atoms with E-state index in [4.69, 9.17) is 23.2 Å². The highest BCUT2D eigenvalue weighted by atomic mass is 35.5. The van der Waals surface area contributed by atoms with Crippen molar-refractivity contribution in [3.8, 4) is 0 Å². The van der Waals surface area contributed by atoms with Gasteiger partial charge in [-0.2, -0.15) is 13.2 Å². The van der Waals surface area contributed by atoms with Crippen LogP contribution >= 0.6 is 23.2 Å². The number of hydrogen-bond acceptors (Lipinski definition) is 0. The van der Waals surface area contributed by atoms with E-state index in [0.717, 1.165) is 17.2 Å². The molecule has 0 unspecified atom stereocenters. The molecule has 2 aromatic rings. The lowest BCUT2D eigenvalue weighted by atomic mass is 9.97. The summed E-state index contributed by atoms with van der Waals surface area (Å²) in [6.45, 7) is 1.82. The van der Waals surface area contributed by atoms with Crippen molar-refractivity contribution in [1.29, 1.82) is 0 Å². The van der Waals surface area contributed by atoms with Gasteiger partial charge in [0.25, 0.3) is 0 Å². The van der Waals surface area contributed by atoms with Gasteiger partial charge in [-0.1, -0.05) is 35.3 Å². The second-order valence-corrected chi connectivity index (χ2v) is 5.42. The summed E-state index contributed by atoms with van der Waals surface area (Å²) in [5, 5.41) is 0.646. The lowest BCUT2D eigenvalue weighted by molar-refractivity contribution is -0.138. The standard InChI is InChI=1S/C15H11Cl2F3/c1-9-6-12(16)4-2-10(9)7-11-3-5-13(17)8-14(11)15(18,19)20/h2-6,8H,7H2,1H3. The molecule has 0 aromatic heterocycles. The summed E-state index contributed by atoms with van der Waals surface area (Å²) in [5.41, 5.74) is 1.18. The predicted molar refractivity (Wildman–Crippen MR) is 75.4 cm³/mol. The molecular weight excluding hydrogens is 308 g/mol. The maximum Gasteiger partial charge on any atom is 0.416 e. The van der Waals surface area contributed by atoms with Crippen molar-refractivity contribution in [3.05, 3.63) is 68.7 Å². The first kappa shape index (κ1) is 15.2. The van der Waals surface area contributed by atoms with Crippen LogP contribution in [-0.2, 0) is 12.6 Å². The van der Waals surface area contributed by atoms with Gasteiger partial charge in [0.05, 0.1) is 5.56 Å². The molecule has 0 N–H and O–H groups in total. The normalized spacial score (nSPS) is 11.7. The lowest BCUT2D eigenvalue weighted by Gasteiger charge is -2.14. The molecule has 0 saturated carbocycles. The predicted octanol–water partition coefficient (Wildman–Crippen LogP) is 5.91. The zero-order valence-corrected chi connectivity index (χ0v) is 12.1. The van der Waals surface area contributed by atoms with Crippen LogP contribution in [0.25, 0.3) is 0 Å². The van der Waals surface area contributed by atoms with E-state index in [1.807, 2.05) is 6.92 Å². The fourth-order valence-electron chi connectivity index (χ4n) is 2.03. The van der Waals surface area contributed by atoms with Gasteiger partial charge in [-0.05, 0) is 54.3 Å². The average molecular weight is 319 g/mol. The van der Waals surface area contributed by atoms with E-state index in [1.54, 1.807) is 18.2 Å². The van der Waals surface area contributed by atoms with Crippen LogP contribution < -0.4 is 0 Å². The van der Waals surface area contributed by atoms with Crippen molar-refractivity contribution >= 4 is 23.2 Å². The van der Waals surface area contributed by atoms with Crippen LogP contribution in [0.4, 0.5) is 13.2 Å². The van der Waals surface area contributed by atoms with Crippen molar-refractivity contribution in [1.82, 2.24) is 0 Å². The number of benzene rings is 2. The van der Waals surface area contributed by atoms with E-state index in [-0.39, 0.29) is 17.0 Å². The SMILES string of the molecule is Cc1cc(Cl)ccc1Cc1ccc(Cl)cc1C(F)(F)F. The number of alkyl halides is 3. The smallest absolute Gasteiger partial charge is 0.166 e. The van der Waals surface area contributed by atoms with Gasteiger partial charge in [0.1, 0.15) is 0 Å². The summed E-state index contributed by atoms with van der Waals surface area (Å²) in [5.74, 6) is 0. The maximum absolute atomic E-state index is 13.0. The topological polar surface area (TPSA) is 0 Å². The van der Waals surface area contributed by atoms with Crippen molar-refractivity contribution in [2.45, 2.75) is 19.5 Å². The van der Waals surface area contributed by atoms with Crippen LogP contribution in [0.3, 0.4) is 0 Å². The summed E-state index contributed by atoms with van der Waals surface area (Å²) in [7, 11) is 0. The maximum atomic E-state index is 13.0. The molecule has 0 nitrogen and oxygen atoms in total. The first-order chi connectivity index (χ1) is 9.27. The highest BCUT2D eigenvalue weighted by molar-refractivity contribution is 6.31. The van der Waals surface area contributed by atoms with Gasteiger partial charge in [0.15, 0.2) is 0 Å². The summed E-state index contributed by atoms with van der Waals surface area (Å²) < 4.78 is 39.0. The fourth-order valence-corrected chi connectivity index (χ4v) is 2.43. The highest BCUT2D eigenvalue weighted by Gasteiger charge is 2.33. The number of halogens is 5. The lowest BCUT2D eigenvalue weighted by Crippen LogP contribution is -2.10. The van der Waals surface area contributed by atoms with Crippen LogP contribution in [0.5, 0.6) is 0 Å². The highest BCUT2D eigenvalue weighted by Crippen LogP contribution is 2.35. The van der Waals surface area contributed by atoms with Crippen LogP contribution in [0.15, 0.2) is 36.4 Å². The Morgan fingerprint density at radius 1 is 0.900 bits per heavy atom. The molecule has 5 heteroatoms. The summed E-state index contributed by atoms with van der Waals surface area (Å²) in [6.07, 6.45) is -4.23. The van der Waals surface area contributed by atoms with E-state index in [2.05, 4.69) is 0 Å². The molecule has 2 aromatic carbocycles. The zero-order chi connectivity index (χ0) is 14.9. The van der Waals surface area contributed by atoms with Crippen LogP contribution in [-0.4, -0.2) is 0 Å². The van der Waals surface area contributed by atoms with Crippen molar-refractivity contribution in [2.75, 3.05) is 0 Å². The first-order valence-corrected chi connectivity index (χ1v) is 6.63. The summed E-state index contributed by atoms with van der Waals surface area (Å²) >= 11 is 11.5. The molecule has 0 saturated heterocycles. The van der Waals surface area contributed by atoms with Gasteiger partial charge in [-0.3, -0.25) is 0 Å². The zero-order valence-electron chi connectivity index (χ0n) is 10.6. The summed E-state index contributed by atoms with van der Waals surface area (Å²) in [4.78, 5) is 0. The van der Waals surface area contributed by atoms with E-state index in [9.17, 15) is 13.2 Å². The largest absolute Gasteiger partial charge is 0.416 e. The molecule has 0 aliphatic carbocycles. The van der Waals surface area contributed by atoms with Crippen molar-refractivity contribution < 1.29 is 13.2 Å². The monoisotopic (exact) mass is 318 g/mol. The van der Waals surface area contributed by atoms with E-state index < -0.39 is 11.7 Å². The van der Waals surface area contributed by atoms with Crippen molar-refractivity contribution in [3.63, 3.8) is 0 Å². The Bertz CT molecular complexity index is 634. The number of rotatable bonds is 2. The minimum atomic E-state index is -4.42. The van der Waals surface area contributed by atoms with Crippen LogP contribution in [0.1, 0.15) is 22.3 Å². The second-order valence-electron chi connectivity index (χ2n) is 4.55. The Labute approximate surface area is 125 Å². The number of aryl methyl sites for hydroxylation is 1. The quantitative estimate of drug-likeness (QED) is 0.645. The summed E-state index contributed by atoms with van der Waals surface area (Å²) in [6, 6.07) is 9.00. The molecule has 0 radical (unpaired) electrons. The molecule has 20 heavy (non-hydrogen) atoms. The molecule has 0 bridgehead atoms. The Hall–Kier alpha value is -1.19. The molecule has 0 heterocycles. The molecule has 106 valence electrons. The minimum Gasteiger partial charge on any atom is -0.166 e. The van der Waals surface area contributed by atoms with E-state index >= 15 is 0 Å². The molecule has 0 amide bonds. The molecule has 2 rings (SSSR count). The first-order valence-electron chi connectivity index (χ1n) is 5.88. The Morgan fingerprint density at radius 2 is 1.45 bits per heavy atom. The average Bonchev–Trinajstić information content (AvgIpc) is 2.33. The molecule has 0 aliphatic rings. The second kappa shape index (κ2) is 5.66. The van der Waals surface area contributed by atoms with Crippen LogP contribution in [0, 0.1) is 6.92 Å². The minimum absolute atomic E-state index is 0.0777.